The number of ether oxygens (including phenoxy) is 4. The van der Waals surface area contributed by atoms with Crippen LogP contribution in [0, 0.1) is 11.8 Å². The van der Waals surface area contributed by atoms with E-state index in [-0.39, 0.29) is 17.8 Å². The third-order valence-electron chi connectivity index (χ3n) is 3.91. The van der Waals surface area contributed by atoms with Crippen LogP contribution < -0.4 is 9.47 Å². The predicted molar refractivity (Wildman–Crippen MR) is 108 cm³/mol. The molecule has 1 aromatic rings. The van der Waals surface area contributed by atoms with Crippen molar-refractivity contribution in [2.75, 3.05) is 26.9 Å². The molecule has 1 aromatic carbocycles. The first-order valence-corrected chi connectivity index (χ1v) is 9.76. The molecule has 0 spiro atoms. The maximum atomic E-state index is 12.1. The van der Waals surface area contributed by atoms with Crippen LogP contribution in [0.25, 0.3) is 0 Å². The number of halogens is 1. The molecule has 154 valence electrons. The SMILES string of the molecule is COCCCOc1cc(OCC(CC(=O)OC(C)(C)C)C(C)C)ccc1Cl. The summed E-state index contributed by atoms with van der Waals surface area (Å²) in [5, 5.41) is 0.536. The van der Waals surface area contributed by atoms with Gasteiger partial charge in [-0.1, -0.05) is 25.4 Å². The fourth-order valence-corrected chi connectivity index (χ4v) is 2.53. The number of esters is 1. The van der Waals surface area contributed by atoms with Gasteiger partial charge in [0.1, 0.15) is 17.1 Å². The van der Waals surface area contributed by atoms with Crippen LogP contribution in [0.3, 0.4) is 0 Å². The summed E-state index contributed by atoms with van der Waals surface area (Å²) in [4.78, 5) is 12.1. The third kappa shape index (κ3) is 9.87. The molecule has 0 saturated heterocycles. The van der Waals surface area contributed by atoms with Gasteiger partial charge in [0.15, 0.2) is 0 Å². The fourth-order valence-electron chi connectivity index (χ4n) is 2.36. The zero-order chi connectivity index (χ0) is 20.4. The van der Waals surface area contributed by atoms with Crippen molar-refractivity contribution in [2.24, 2.45) is 11.8 Å². The molecule has 0 aromatic heterocycles. The van der Waals surface area contributed by atoms with E-state index < -0.39 is 5.60 Å². The van der Waals surface area contributed by atoms with E-state index in [2.05, 4.69) is 13.8 Å². The summed E-state index contributed by atoms with van der Waals surface area (Å²) in [6, 6.07) is 5.33. The number of hydrogen-bond donors (Lipinski definition) is 0. The number of carbonyl (C=O) groups excluding carboxylic acids is 1. The standard InChI is InChI=1S/C21H33ClO5/c1-15(2)16(12-20(23)27-21(3,4)5)14-26-17-8-9-18(22)19(13-17)25-11-7-10-24-6/h8-9,13,15-16H,7,10-12,14H2,1-6H3. The number of carbonyl (C=O) groups is 1. The summed E-state index contributed by atoms with van der Waals surface area (Å²) in [5.74, 6) is 1.38. The molecule has 0 N–H and O–H groups in total. The highest BCUT2D eigenvalue weighted by molar-refractivity contribution is 6.32. The van der Waals surface area contributed by atoms with Gasteiger partial charge in [-0.05, 0) is 38.8 Å². The van der Waals surface area contributed by atoms with Crippen LogP contribution in [-0.4, -0.2) is 38.5 Å². The largest absolute Gasteiger partial charge is 0.493 e. The van der Waals surface area contributed by atoms with Crippen LogP contribution >= 0.6 is 11.6 Å². The Kier molecular flexibility index (Phi) is 9.95. The van der Waals surface area contributed by atoms with Gasteiger partial charge in [-0.15, -0.1) is 0 Å². The molecule has 1 rings (SSSR count). The van der Waals surface area contributed by atoms with Crippen LogP contribution in [0.2, 0.25) is 5.02 Å². The second kappa shape index (κ2) is 11.4. The van der Waals surface area contributed by atoms with E-state index in [9.17, 15) is 4.79 Å². The summed E-state index contributed by atoms with van der Waals surface area (Å²) in [5.41, 5.74) is -0.481. The van der Waals surface area contributed by atoms with E-state index in [0.29, 0.717) is 42.8 Å². The lowest BCUT2D eigenvalue weighted by Crippen LogP contribution is -2.28. The molecule has 0 saturated carbocycles. The lowest BCUT2D eigenvalue weighted by atomic mass is 9.93. The molecular formula is C21H33ClO5. The Morgan fingerprint density at radius 3 is 2.44 bits per heavy atom. The molecule has 27 heavy (non-hydrogen) atoms. The van der Waals surface area contributed by atoms with E-state index in [0.717, 1.165) is 6.42 Å². The molecule has 1 atom stereocenters. The van der Waals surface area contributed by atoms with Crippen molar-refractivity contribution in [1.82, 2.24) is 0 Å². The van der Waals surface area contributed by atoms with Gasteiger partial charge >= 0.3 is 5.97 Å². The first-order valence-electron chi connectivity index (χ1n) is 9.38. The molecule has 0 aliphatic rings. The Balaban J connectivity index is 2.63. The Hall–Kier alpha value is -1.46. The number of hydrogen-bond acceptors (Lipinski definition) is 5. The molecule has 5 nitrogen and oxygen atoms in total. The average Bonchev–Trinajstić information content (AvgIpc) is 2.55. The van der Waals surface area contributed by atoms with Crippen molar-refractivity contribution in [2.45, 2.75) is 53.1 Å². The second-order valence-corrected chi connectivity index (χ2v) is 8.30. The van der Waals surface area contributed by atoms with Crippen LogP contribution in [-0.2, 0) is 14.3 Å². The van der Waals surface area contributed by atoms with Crippen molar-refractivity contribution in [3.8, 4) is 11.5 Å². The van der Waals surface area contributed by atoms with E-state index in [1.807, 2.05) is 20.8 Å². The number of methoxy groups -OCH3 is 1. The Bertz CT molecular complexity index is 580. The molecule has 0 aliphatic heterocycles. The van der Waals surface area contributed by atoms with E-state index >= 15 is 0 Å². The highest BCUT2D eigenvalue weighted by Crippen LogP contribution is 2.30. The molecule has 0 aliphatic carbocycles. The van der Waals surface area contributed by atoms with Gasteiger partial charge in [0.2, 0.25) is 0 Å². The van der Waals surface area contributed by atoms with Gasteiger partial charge in [-0.3, -0.25) is 4.79 Å². The smallest absolute Gasteiger partial charge is 0.306 e. The Morgan fingerprint density at radius 2 is 1.85 bits per heavy atom. The zero-order valence-electron chi connectivity index (χ0n) is 17.3. The van der Waals surface area contributed by atoms with Crippen molar-refractivity contribution in [3.05, 3.63) is 23.2 Å². The minimum Gasteiger partial charge on any atom is -0.493 e. The lowest BCUT2D eigenvalue weighted by Gasteiger charge is -2.24. The second-order valence-electron chi connectivity index (χ2n) is 7.89. The number of benzene rings is 1. The fraction of sp³-hybridized carbons (Fsp3) is 0.667. The predicted octanol–water partition coefficient (Wildman–Crippen LogP) is 5.14. The summed E-state index contributed by atoms with van der Waals surface area (Å²) in [6.45, 7) is 11.3. The van der Waals surface area contributed by atoms with Crippen LogP contribution in [0.4, 0.5) is 0 Å². The molecule has 0 radical (unpaired) electrons. The van der Waals surface area contributed by atoms with Crippen LogP contribution in [0.15, 0.2) is 18.2 Å². The van der Waals surface area contributed by atoms with E-state index in [1.165, 1.54) is 0 Å². The maximum Gasteiger partial charge on any atom is 0.306 e. The Morgan fingerprint density at radius 1 is 1.15 bits per heavy atom. The van der Waals surface area contributed by atoms with Gasteiger partial charge in [0.25, 0.3) is 0 Å². The van der Waals surface area contributed by atoms with Gasteiger partial charge < -0.3 is 18.9 Å². The Labute approximate surface area is 168 Å². The van der Waals surface area contributed by atoms with Crippen molar-refractivity contribution in [1.29, 1.82) is 0 Å². The van der Waals surface area contributed by atoms with Crippen molar-refractivity contribution >= 4 is 17.6 Å². The topological polar surface area (TPSA) is 54.0 Å². The third-order valence-corrected chi connectivity index (χ3v) is 4.22. The summed E-state index contributed by atoms with van der Waals surface area (Å²) < 4.78 is 22.0. The molecule has 0 fully saturated rings. The summed E-state index contributed by atoms with van der Waals surface area (Å²) in [7, 11) is 1.66. The first-order chi connectivity index (χ1) is 12.6. The molecule has 0 amide bonds. The summed E-state index contributed by atoms with van der Waals surface area (Å²) >= 11 is 6.18. The van der Waals surface area contributed by atoms with E-state index in [1.54, 1.807) is 25.3 Å². The van der Waals surface area contributed by atoms with Crippen LogP contribution in [0.1, 0.15) is 47.5 Å². The van der Waals surface area contributed by atoms with Gasteiger partial charge in [-0.2, -0.15) is 0 Å². The van der Waals surface area contributed by atoms with Gasteiger partial charge in [0.05, 0.1) is 24.7 Å². The first kappa shape index (κ1) is 23.6. The van der Waals surface area contributed by atoms with E-state index in [4.69, 9.17) is 30.5 Å². The molecular weight excluding hydrogens is 368 g/mol. The monoisotopic (exact) mass is 400 g/mol. The zero-order valence-corrected chi connectivity index (χ0v) is 18.1. The average molecular weight is 401 g/mol. The van der Waals surface area contributed by atoms with Crippen molar-refractivity contribution in [3.63, 3.8) is 0 Å². The van der Waals surface area contributed by atoms with Crippen molar-refractivity contribution < 1.29 is 23.7 Å². The van der Waals surface area contributed by atoms with Gasteiger partial charge in [0, 0.05) is 32.1 Å². The molecule has 1 unspecified atom stereocenters. The molecule has 0 heterocycles. The highest BCUT2D eigenvalue weighted by atomic mass is 35.5. The quantitative estimate of drug-likeness (QED) is 0.380. The summed E-state index contributed by atoms with van der Waals surface area (Å²) in [6.07, 6.45) is 1.10. The minimum absolute atomic E-state index is 0.0570. The molecule has 6 heteroatoms. The number of rotatable bonds is 11. The van der Waals surface area contributed by atoms with Gasteiger partial charge in [-0.25, -0.2) is 0 Å². The highest BCUT2D eigenvalue weighted by Gasteiger charge is 2.23. The molecule has 0 bridgehead atoms. The normalized spacial score (nSPS) is 12.7. The lowest BCUT2D eigenvalue weighted by molar-refractivity contribution is -0.156. The van der Waals surface area contributed by atoms with Crippen LogP contribution in [0.5, 0.6) is 11.5 Å². The minimum atomic E-state index is -0.481. The maximum absolute atomic E-state index is 12.1.